The lowest BCUT2D eigenvalue weighted by molar-refractivity contribution is -0.161. The summed E-state index contributed by atoms with van der Waals surface area (Å²) in [5.74, 6) is -0.977. The summed E-state index contributed by atoms with van der Waals surface area (Å²) < 4.78 is 32.2. The highest BCUT2D eigenvalue weighted by Gasteiger charge is 2.25. The zero-order valence-electron chi connectivity index (χ0n) is 24.7. The third-order valence-corrected chi connectivity index (χ3v) is 6.18. The lowest BCUT2D eigenvalue weighted by atomic mass is 10.1. The molecule has 0 amide bonds. The lowest BCUT2D eigenvalue weighted by Gasteiger charge is -2.19. The number of hydrogen-bond donors (Lipinski definition) is 2. The summed E-state index contributed by atoms with van der Waals surface area (Å²) in [5, 5.41) is 0. The van der Waals surface area contributed by atoms with Gasteiger partial charge >= 0.3 is 19.8 Å². The van der Waals surface area contributed by atoms with Crippen LogP contribution in [-0.4, -0.2) is 49.3 Å². The molecule has 9 nitrogen and oxygen atoms in total. The van der Waals surface area contributed by atoms with Gasteiger partial charge in [-0.1, -0.05) is 93.2 Å². The molecule has 0 fully saturated rings. The van der Waals surface area contributed by atoms with Gasteiger partial charge in [0.1, 0.15) is 6.61 Å². The van der Waals surface area contributed by atoms with Crippen LogP contribution in [-0.2, 0) is 32.7 Å². The van der Waals surface area contributed by atoms with Gasteiger partial charge < -0.3 is 20.1 Å². The van der Waals surface area contributed by atoms with E-state index in [1.54, 1.807) is 0 Å². The SMILES string of the molecule is CC/C=C/C=C/C=C/C=C/CCCCCC(=O)OC(COC(=O)CC/C=C/C/C=C/CC)COP(=O)(O)OCCN. The van der Waals surface area contributed by atoms with E-state index in [4.69, 9.17) is 24.3 Å². The van der Waals surface area contributed by atoms with Gasteiger partial charge in [-0.05, 0) is 44.9 Å². The summed E-state index contributed by atoms with van der Waals surface area (Å²) in [6.45, 7) is 3.25. The summed E-state index contributed by atoms with van der Waals surface area (Å²) in [7, 11) is -4.38. The Balaban J connectivity index is 4.52. The maximum absolute atomic E-state index is 12.4. The van der Waals surface area contributed by atoms with Crippen molar-refractivity contribution in [1.82, 2.24) is 0 Å². The van der Waals surface area contributed by atoms with Gasteiger partial charge in [-0.2, -0.15) is 0 Å². The molecule has 0 saturated heterocycles. The molecule has 0 spiro atoms. The van der Waals surface area contributed by atoms with Gasteiger partial charge in [0.05, 0.1) is 13.2 Å². The van der Waals surface area contributed by atoms with Crippen LogP contribution in [0.4, 0.5) is 0 Å². The predicted octanol–water partition coefficient (Wildman–Crippen LogP) is 6.81. The molecule has 0 aromatic rings. The molecular weight excluding hydrogens is 545 g/mol. The summed E-state index contributed by atoms with van der Waals surface area (Å²) in [5.41, 5.74) is 5.28. The van der Waals surface area contributed by atoms with Crippen molar-refractivity contribution in [2.24, 2.45) is 5.73 Å². The Bertz CT molecular complexity index is 908. The molecule has 0 aliphatic carbocycles. The lowest BCUT2D eigenvalue weighted by Crippen LogP contribution is -2.29. The number of carbonyl (C=O) groups excluding carboxylic acids is 2. The van der Waals surface area contributed by atoms with Crippen LogP contribution in [0.25, 0.3) is 0 Å². The molecule has 3 N–H and O–H groups in total. The van der Waals surface area contributed by atoms with Gasteiger partial charge in [0, 0.05) is 19.4 Å². The molecule has 0 aliphatic rings. The van der Waals surface area contributed by atoms with Gasteiger partial charge in [-0.3, -0.25) is 18.6 Å². The van der Waals surface area contributed by atoms with Gasteiger partial charge in [0.15, 0.2) is 6.10 Å². The van der Waals surface area contributed by atoms with Crippen molar-refractivity contribution in [1.29, 1.82) is 0 Å². The van der Waals surface area contributed by atoms with Crippen molar-refractivity contribution in [3.05, 3.63) is 72.9 Å². The average molecular weight is 596 g/mol. The minimum atomic E-state index is -4.38. The zero-order chi connectivity index (χ0) is 30.4. The van der Waals surface area contributed by atoms with Crippen molar-refractivity contribution in [3.8, 4) is 0 Å². The molecule has 2 unspecified atom stereocenters. The number of phosphoric ester groups is 1. The van der Waals surface area contributed by atoms with Crippen LogP contribution in [0.3, 0.4) is 0 Å². The monoisotopic (exact) mass is 595 g/mol. The number of phosphoric acid groups is 1. The summed E-state index contributed by atoms with van der Waals surface area (Å²) in [4.78, 5) is 34.2. The van der Waals surface area contributed by atoms with Crippen LogP contribution in [0.1, 0.15) is 78.1 Å². The second-order valence-electron chi connectivity index (χ2n) is 8.94. The fourth-order valence-electron chi connectivity index (χ4n) is 3.11. The summed E-state index contributed by atoms with van der Waals surface area (Å²) in [6.07, 6.45) is 29.9. The van der Waals surface area contributed by atoms with Gasteiger partial charge in [-0.15, -0.1) is 0 Å². The van der Waals surface area contributed by atoms with Crippen LogP contribution in [0.15, 0.2) is 72.9 Å². The van der Waals surface area contributed by atoms with E-state index in [1.807, 2.05) is 54.7 Å². The molecule has 10 heteroatoms. The standard InChI is InChI=1S/C31H50NO8P/c1-3-5-7-9-11-12-13-14-15-16-18-20-22-24-31(34)40-29(28-39-41(35,36)38-26-25-32)27-37-30(33)23-21-19-17-10-8-6-4-2/h5-9,11-15,17,19,29H,3-4,10,16,18,20-28,32H2,1-2H3,(H,35,36)/b7-5+,8-6+,11-9+,13-12+,15-14+,19-17+. The predicted molar refractivity (Wildman–Crippen MR) is 164 cm³/mol. The van der Waals surface area contributed by atoms with E-state index in [2.05, 4.69) is 32.1 Å². The van der Waals surface area contributed by atoms with E-state index < -0.39 is 32.5 Å². The Morgan fingerprint density at radius 3 is 2.15 bits per heavy atom. The van der Waals surface area contributed by atoms with Crippen molar-refractivity contribution in [2.75, 3.05) is 26.4 Å². The fourth-order valence-corrected chi connectivity index (χ4v) is 3.88. The number of carbonyl (C=O) groups is 2. The first-order valence-corrected chi connectivity index (χ1v) is 16.0. The Morgan fingerprint density at radius 2 is 1.44 bits per heavy atom. The number of hydrogen-bond acceptors (Lipinski definition) is 8. The molecule has 2 atom stereocenters. The topological polar surface area (TPSA) is 134 Å². The number of nitrogens with two attached hydrogens (primary N) is 1. The highest BCUT2D eigenvalue weighted by atomic mass is 31.2. The summed E-state index contributed by atoms with van der Waals surface area (Å²) in [6, 6.07) is 0. The van der Waals surface area contributed by atoms with E-state index >= 15 is 0 Å². The van der Waals surface area contributed by atoms with Gasteiger partial charge in [0.2, 0.25) is 0 Å². The van der Waals surface area contributed by atoms with E-state index in [-0.39, 0.29) is 32.6 Å². The molecule has 41 heavy (non-hydrogen) atoms. The van der Waals surface area contributed by atoms with E-state index in [0.29, 0.717) is 12.8 Å². The Kier molecular flexibility index (Phi) is 25.9. The van der Waals surface area contributed by atoms with E-state index in [0.717, 1.165) is 38.5 Å². The normalized spacial score (nSPS) is 14.7. The Morgan fingerprint density at radius 1 is 0.756 bits per heavy atom. The molecule has 232 valence electrons. The van der Waals surface area contributed by atoms with Crippen LogP contribution >= 0.6 is 7.82 Å². The maximum Gasteiger partial charge on any atom is 0.472 e. The van der Waals surface area contributed by atoms with Gasteiger partial charge in [0.25, 0.3) is 0 Å². The number of ether oxygens (including phenoxy) is 2. The quantitative estimate of drug-likeness (QED) is 0.0384. The molecule has 0 radical (unpaired) electrons. The van der Waals surface area contributed by atoms with Crippen molar-refractivity contribution in [2.45, 2.75) is 84.2 Å². The van der Waals surface area contributed by atoms with Crippen molar-refractivity contribution in [3.63, 3.8) is 0 Å². The minimum Gasteiger partial charge on any atom is -0.462 e. The third kappa shape index (κ3) is 27.4. The molecule has 0 saturated carbocycles. The molecule has 0 aromatic carbocycles. The Hall–Kier alpha value is -2.55. The largest absolute Gasteiger partial charge is 0.472 e. The van der Waals surface area contributed by atoms with Crippen LogP contribution in [0.5, 0.6) is 0 Å². The minimum absolute atomic E-state index is 0.0358. The fraction of sp³-hybridized carbons (Fsp3) is 0.548. The van der Waals surface area contributed by atoms with Crippen molar-refractivity contribution < 1.29 is 37.6 Å². The first kappa shape index (κ1) is 38.5. The van der Waals surface area contributed by atoms with E-state index in [1.165, 1.54) is 0 Å². The van der Waals surface area contributed by atoms with E-state index in [9.17, 15) is 19.0 Å². The molecule has 0 bridgehead atoms. The Labute approximate surface area is 246 Å². The first-order chi connectivity index (χ1) is 19.8. The average Bonchev–Trinajstić information content (AvgIpc) is 2.95. The number of esters is 2. The highest BCUT2D eigenvalue weighted by molar-refractivity contribution is 7.47. The number of rotatable bonds is 25. The van der Waals surface area contributed by atoms with Crippen molar-refractivity contribution >= 4 is 19.8 Å². The summed E-state index contributed by atoms with van der Waals surface area (Å²) >= 11 is 0. The molecule has 0 aromatic heterocycles. The van der Waals surface area contributed by atoms with Crippen LogP contribution < -0.4 is 5.73 Å². The molecule has 0 rings (SSSR count). The van der Waals surface area contributed by atoms with Gasteiger partial charge in [-0.25, -0.2) is 4.57 Å². The molecular formula is C31H50NO8P. The second kappa shape index (κ2) is 27.6. The number of unbranched alkanes of at least 4 members (excludes halogenated alkanes) is 3. The smallest absolute Gasteiger partial charge is 0.462 e. The molecule has 0 heterocycles. The zero-order valence-corrected chi connectivity index (χ0v) is 25.6. The third-order valence-electron chi connectivity index (χ3n) is 5.20. The van der Waals surface area contributed by atoms with Crippen LogP contribution in [0.2, 0.25) is 0 Å². The maximum atomic E-state index is 12.4. The highest BCUT2D eigenvalue weighted by Crippen LogP contribution is 2.43. The van der Waals surface area contributed by atoms with Crippen LogP contribution in [0, 0.1) is 0 Å². The number of allylic oxidation sites excluding steroid dienone is 12. The molecule has 0 aliphatic heterocycles. The second-order valence-corrected chi connectivity index (χ2v) is 10.4. The first-order valence-electron chi connectivity index (χ1n) is 14.5.